The number of amides is 1. The first-order valence-electron chi connectivity index (χ1n) is 8.30. The van der Waals surface area contributed by atoms with Gasteiger partial charge in [0.25, 0.3) is 0 Å². The third-order valence-electron chi connectivity index (χ3n) is 3.99. The van der Waals surface area contributed by atoms with E-state index in [9.17, 15) is 4.79 Å². The molecule has 1 N–H and O–H groups in total. The molecule has 0 aromatic heterocycles. The van der Waals surface area contributed by atoms with Crippen LogP contribution < -0.4 is 14.8 Å². The number of hydrogen-bond acceptors (Lipinski definition) is 3. The van der Waals surface area contributed by atoms with Crippen LogP contribution in [0.2, 0.25) is 0 Å². The molecule has 0 spiro atoms. The first-order chi connectivity index (χ1) is 11.0. The summed E-state index contributed by atoms with van der Waals surface area (Å²) < 4.78 is 11.1. The van der Waals surface area contributed by atoms with E-state index in [0.717, 1.165) is 24.2 Å². The predicted molar refractivity (Wildman–Crippen MR) is 91.8 cm³/mol. The number of nitrogens with one attached hydrogen (secondary N) is 1. The second-order valence-corrected chi connectivity index (χ2v) is 6.34. The second-order valence-electron chi connectivity index (χ2n) is 6.34. The van der Waals surface area contributed by atoms with Crippen LogP contribution in [-0.2, 0) is 4.79 Å². The van der Waals surface area contributed by atoms with Crippen molar-refractivity contribution < 1.29 is 14.3 Å². The van der Waals surface area contributed by atoms with Gasteiger partial charge in [0.05, 0.1) is 19.3 Å². The zero-order chi connectivity index (χ0) is 16.8. The Balaban J connectivity index is 1.99. The quantitative estimate of drug-likeness (QED) is 0.773. The molecule has 1 aliphatic carbocycles. The minimum atomic E-state index is -0.0603. The van der Waals surface area contributed by atoms with E-state index >= 15 is 0 Å². The average molecular weight is 317 g/mol. The van der Waals surface area contributed by atoms with Gasteiger partial charge in [0, 0.05) is 6.42 Å². The first kappa shape index (κ1) is 17.4. The molecule has 1 aliphatic rings. The van der Waals surface area contributed by atoms with Crippen LogP contribution in [0, 0.1) is 5.92 Å². The third kappa shape index (κ3) is 5.02. The molecule has 0 unspecified atom stereocenters. The predicted octanol–water partition coefficient (Wildman–Crippen LogP) is 4.02. The Kier molecular flexibility index (Phi) is 6.08. The largest absolute Gasteiger partial charge is 0.493 e. The first-order valence-corrected chi connectivity index (χ1v) is 8.30. The van der Waals surface area contributed by atoms with E-state index in [-0.39, 0.29) is 18.1 Å². The van der Waals surface area contributed by atoms with E-state index in [4.69, 9.17) is 9.47 Å². The highest BCUT2D eigenvalue weighted by molar-refractivity contribution is 5.77. The maximum Gasteiger partial charge on any atom is 0.221 e. The normalized spacial score (nSPS) is 18.0. The molecule has 0 heterocycles. The molecule has 1 aromatic rings. The lowest BCUT2D eigenvalue weighted by Crippen LogP contribution is -2.27. The van der Waals surface area contributed by atoms with Gasteiger partial charge < -0.3 is 14.8 Å². The van der Waals surface area contributed by atoms with E-state index in [2.05, 4.69) is 17.5 Å². The zero-order valence-corrected chi connectivity index (χ0v) is 14.5. The molecule has 2 rings (SSSR count). The van der Waals surface area contributed by atoms with Crippen molar-refractivity contribution in [1.82, 2.24) is 5.32 Å². The lowest BCUT2D eigenvalue weighted by atomic mass is 10.0. The number of rotatable bonds is 7. The summed E-state index contributed by atoms with van der Waals surface area (Å²) in [6, 6.07) is 5.74. The summed E-state index contributed by atoms with van der Waals surface area (Å²) in [4.78, 5) is 12.1. The van der Waals surface area contributed by atoms with Crippen molar-refractivity contribution in [1.29, 1.82) is 0 Å². The van der Waals surface area contributed by atoms with Crippen LogP contribution in [0.25, 0.3) is 0 Å². The van der Waals surface area contributed by atoms with Crippen LogP contribution in [0.3, 0.4) is 0 Å². The Bertz CT molecular complexity index is 566. The van der Waals surface area contributed by atoms with Crippen molar-refractivity contribution in [3.05, 3.63) is 35.9 Å². The fraction of sp³-hybridized carbons (Fsp3) is 0.526. The van der Waals surface area contributed by atoms with Crippen LogP contribution in [0.15, 0.2) is 30.4 Å². The summed E-state index contributed by atoms with van der Waals surface area (Å²) >= 11 is 0. The Labute approximate surface area is 138 Å². The van der Waals surface area contributed by atoms with Gasteiger partial charge in [-0.1, -0.05) is 18.2 Å². The molecular weight excluding hydrogens is 290 g/mol. The molecule has 23 heavy (non-hydrogen) atoms. The van der Waals surface area contributed by atoms with Crippen LogP contribution in [0.1, 0.15) is 51.6 Å². The minimum absolute atomic E-state index is 0.0603. The van der Waals surface area contributed by atoms with Crippen molar-refractivity contribution >= 4 is 5.91 Å². The Morgan fingerprint density at radius 2 is 2.09 bits per heavy atom. The van der Waals surface area contributed by atoms with Crippen molar-refractivity contribution in [2.45, 2.75) is 52.2 Å². The lowest BCUT2D eigenvalue weighted by molar-refractivity contribution is -0.122. The Morgan fingerprint density at radius 1 is 1.30 bits per heavy atom. The van der Waals surface area contributed by atoms with E-state index < -0.39 is 0 Å². The second kappa shape index (κ2) is 8.04. The van der Waals surface area contributed by atoms with Gasteiger partial charge in [-0.15, -0.1) is 0 Å². The van der Waals surface area contributed by atoms with E-state index in [1.807, 2.05) is 39.0 Å². The molecule has 4 nitrogen and oxygen atoms in total. The molecule has 1 aromatic carbocycles. The van der Waals surface area contributed by atoms with Gasteiger partial charge in [0.15, 0.2) is 11.5 Å². The summed E-state index contributed by atoms with van der Waals surface area (Å²) in [6.07, 6.45) is 7.11. The molecule has 0 bridgehead atoms. The van der Waals surface area contributed by atoms with Crippen molar-refractivity contribution in [2.75, 3.05) is 7.11 Å². The summed E-state index contributed by atoms with van der Waals surface area (Å²) in [5.41, 5.74) is 1.01. The number of benzene rings is 1. The van der Waals surface area contributed by atoms with Crippen LogP contribution in [0.5, 0.6) is 11.5 Å². The molecule has 0 aliphatic heterocycles. The third-order valence-corrected chi connectivity index (χ3v) is 3.99. The maximum absolute atomic E-state index is 12.1. The highest BCUT2D eigenvalue weighted by Gasteiger charge is 2.17. The standard InChI is InChI=1S/C19H27NO3/c1-13(2)23-17-10-9-16(12-18(17)22-4)14(3)20-19(21)11-15-7-5-6-8-15/h5,7,9-10,12-15H,6,8,11H2,1-4H3,(H,20,21)/t14-,15+/m1/s1. The van der Waals surface area contributed by atoms with Gasteiger partial charge in [-0.2, -0.15) is 0 Å². The summed E-state index contributed by atoms with van der Waals surface area (Å²) in [7, 11) is 1.63. The molecule has 126 valence electrons. The topological polar surface area (TPSA) is 47.6 Å². The van der Waals surface area contributed by atoms with Crippen molar-refractivity contribution in [3.8, 4) is 11.5 Å². The molecular formula is C19H27NO3. The lowest BCUT2D eigenvalue weighted by Gasteiger charge is -2.19. The van der Waals surface area contributed by atoms with Gasteiger partial charge in [-0.3, -0.25) is 4.79 Å². The number of carbonyl (C=O) groups excluding carboxylic acids is 1. The fourth-order valence-electron chi connectivity index (χ4n) is 2.79. The SMILES string of the molecule is COc1cc([C@@H](C)NC(=O)C[C@H]2C=CCC2)ccc1OC(C)C. The molecule has 0 fully saturated rings. The molecule has 4 heteroatoms. The summed E-state index contributed by atoms with van der Waals surface area (Å²) in [6.45, 7) is 5.95. The van der Waals surface area contributed by atoms with Crippen molar-refractivity contribution in [2.24, 2.45) is 5.92 Å². The molecule has 0 saturated carbocycles. The monoisotopic (exact) mass is 317 g/mol. The molecule has 2 atom stereocenters. The Morgan fingerprint density at radius 3 is 2.70 bits per heavy atom. The van der Waals surface area contributed by atoms with E-state index in [0.29, 0.717) is 18.1 Å². The highest BCUT2D eigenvalue weighted by Crippen LogP contribution is 2.31. The number of carbonyl (C=O) groups is 1. The highest BCUT2D eigenvalue weighted by atomic mass is 16.5. The van der Waals surface area contributed by atoms with Crippen LogP contribution >= 0.6 is 0 Å². The van der Waals surface area contributed by atoms with Gasteiger partial charge in [-0.05, 0) is 57.2 Å². The minimum Gasteiger partial charge on any atom is -0.493 e. The van der Waals surface area contributed by atoms with Gasteiger partial charge in [-0.25, -0.2) is 0 Å². The van der Waals surface area contributed by atoms with Crippen molar-refractivity contribution in [3.63, 3.8) is 0 Å². The number of allylic oxidation sites excluding steroid dienone is 2. The van der Waals surface area contributed by atoms with Crippen LogP contribution in [0.4, 0.5) is 0 Å². The molecule has 0 radical (unpaired) electrons. The number of hydrogen-bond donors (Lipinski definition) is 1. The van der Waals surface area contributed by atoms with Gasteiger partial charge in [0.2, 0.25) is 5.91 Å². The molecule has 0 saturated heterocycles. The van der Waals surface area contributed by atoms with Gasteiger partial charge >= 0.3 is 0 Å². The van der Waals surface area contributed by atoms with E-state index in [1.54, 1.807) is 7.11 Å². The van der Waals surface area contributed by atoms with E-state index in [1.165, 1.54) is 0 Å². The average Bonchev–Trinajstić information content (AvgIpc) is 2.99. The maximum atomic E-state index is 12.1. The zero-order valence-electron chi connectivity index (χ0n) is 14.5. The smallest absolute Gasteiger partial charge is 0.221 e. The summed E-state index contributed by atoms with van der Waals surface area (Å²) in [5.74, 6) is 1.89. The van der Waals surface area contributed by atoms with Gasteiger partial charge in [0.1, 0.15) is 0 Å². The fourth-order valence-corrected chi connectivity index (χ4v) is 2.79. The molecule has 1 amide bonds. The van der Waals surface area contributed by atoms with Crippen LogP contribution in [-0.4, -0.2) is 19.1 Å². The number of ether oxygens (including phenoxy) is 2. The summed E-state index contributed by atoms with van der Waals surface area (Å²) in [5, 5.41) is 3.07. The number of methoxy groups -OCH3 is 1. The Hall–Kier alpha value is -1.97.